The Morgan fingerprint density at radius 3 is 2.51 bits per heavy atom. The predicted octanol–water partition coefficient (Wildman–Crippen LogP) is -0.547. The van der Waals surface area contributed by atoms with Gasteiger partial charge in [-0.3, -0.25) is 19.6 Å². The zero-order valence-corrected chi connectivity index (χ0v) is 26.9. The highest BCUT2D eigenvalue weighted by Crippen LogP contribution is 2.33. The van der Waals surface area contributed by atoms with Crippen molar-refractivity contribution in [2.75, 3.05) is 18.9 Å². The van der Waals surface area contributed by atoms with Gasteiger partial charge in [0.1, 0.15) is 24.1 Å². The number of nitrogens with one attached hydrogen (secondary N) is 2. The molecule has 2 unspecified atom stereocenters. The van der Waals surface area contributed by atoms with Crippen LogP contribution in [0.15, 0.2) is 41.0 Å². The number of aromatic nitrogens is 3. The van der Waals surface area contributed by atoms with Crippen LogP contribution in [0.4, 0.5) is 5.13 Å². The molecule has 1 fully saturated rings. The number of hydroxylamine groups is 2. The summed E-state index contributed by atoms with van der Waals surface area (Å²) in [5, 5.41) is 25.9. The first kappa shape index (κ1) is 35.0. The molecule has 254 valence electrons. The molecule has 4 rings (SSSR count). The number of ether oxygens (including phenoxy) is 1. The molecule has 1 aromatic carbocycles. The van der Waals surface area contributed by atoms with Gasteiger partial charge in [-0.2, -0.15) is 13.5 Å². The van der Waals surface area contributed by atoms with Gasteiger partial charge in [0, 0.05) is 25.2 Å². The fourth-order valence-electron chi connectivity index (χ4n) is 4.48. The van der Waals surface area contributed by atoms with Gasteiger partial charge in [-0.25, -0.2) is 9.78 Å². The molecule has 0 aliphatic carbocycles. The van der Waals surface area contributed by atoms with Crippen molar-refractivity contribution in [3.63, 3.8) is 0 Å². The number of aryl methyl sites for hydroxylation is 1. The Morgan fingerprint density at radius 1 is 1.28 bits per heavy atom. The van der Waals surface area contributed by atoms with Crippen molar-refractivity contribution in [1.29, 1.82) is 5.41 Å². The minimum atomic E-state index is -5.02. The number of imidazole rings is 1. The van der Waals surface area contributed by atoms with Crippen LogP contribution in [0, 0.1) is 5.41 Å². The molecule has 1 aliphatic heterocycles. The number of carboxylic acid groups (broad SMARTS) is 1. The van der Waals surface area contributed by atoms with Crippen molar-refractivity contribution in [2.45, 2.75) is 44.5 Å². The van der Waals surface area contributed by atoms with E-state index in [-0.39, 0.29) is 10.8 Å². The summed E-state index contributed by atoms with van der Waals surface area (Å²) in [4.78, 5) is 46.8. The number of benzene rings is 1. The maximum atomic E-state index is 13.2. The van der Waals surface area contributed by atoms with Gasteiger partial charge >= 0.3 is 16.4 Å². The average molecular weight is 696 g/mol. The smallest absolute Gasteiger partial charge is 0.418 e. The minimum absolute atomic E-state index is 0.0505. The van der Waals surface area contributed by atoms with Crippen LogP contribution in [0.5, 0.6) is 5.75 Å². The average Bonchev–Trinajstić information content (AvgIpc) is 3.56. The van der Waals surface area contributed by atoms with Crippen LogP contribution in [0.25, 0.3) is 11.3 Å². The maximum Gasteiger partial charge on any atom is 0.418 e. The number of thiazole rings is 1. The van der Waals surface area contributed by atoms with E-state index in [1.165, 1.54) is 19.2 Å². The number of hydrogen-bond donors (Lipinski definition) is 6. The molecule has 1 saturated heterocycles. The van der Waals surface area contributed by atoms with Gasteiger partial charge in [-0.1, -0.05) is 5.16 Å². The van der Waals surface area contributed by atoms with E-state index in [9.17, 15) is 27.9 Å². The number of amides is 2. The van der Waals surface area contributed by atoms with Crippen molar-refractivity contribution in [3.8, 4) is 17.0 Å². The van der Waals surface area contributed by atoms with Gasteiger partial charge in [-0.05, 0) is 56.6 Å². The van der Waals surface area contributed by atoms with Crippen LogP contribution >= 0.6 is 11.3 Å². The highest BCUT2D eigenvalue weighted by atomic mass is 32.3. The number of anilines is 1. The number of nitrogen functional groups attached to an aromatic ring is 1. The Balaban J connectivity index is 1.46. The van der Waals surface area contributed by atoms with Gasteiger partial charge in [0.2, 0.25) is 5.62 Å². The first-order chi connectivity index (χ1) is 22.0. The van der Waals surface area contributed by atoms with E-state index in [0.29, 0.717) is 29.5 Å². The zero-order valence-electron chi connectivity index (χ0n) is 25.3. The molecule has 0 bridgehead atoms. The number of carboxylic acids is 1. The summed E-state index contributed by atoms with van der Waals surface area (Å²) in [6.45, 7) is 3.29. The second-order valence-electron chi connectivity index (χ2n) is 10.7. The molecule has 1 aliphatic rings. The Morgan fingerprint density at radius 2 is 1.96 bits per heavy atom. The number of rotatable bonds is 15. The van der Waals surface area contributed by atoms with E-state index < -0.39 is 58.2 Å². The Hall–Kier alpha value is -4.83. The fourth-order valence-corrected chi connectivity index (χ4v) is 5.48. The van der Waals surface area contributed by atoms with Crippen molar-refractivity contribution in [1.82, 2.24) is 24.5 Å². The largest absolute Gasteiger partial charge is 0.489 e. The third kappa shape index (κ3) is 7.94. The molecule has 3 aromatic rings. The predicted molar refractivity (Wildman–Crippen MR) is 165 cm³/mol. The van der Waals surface area contributed by atoms with Crippen LogP contribution in [0.3, 0.4) is 0 Å². The summed E-state index contributed by atoms with van der Waals surface area (Å²) < 4.78 is 44.5. The SMILES string of the molecule is Cn1c(-c2ccc(OCC(ON=C(C(=O)NC3C(=O)N(OS(=O)(=O)O)C3(C)C)c3csc(N)n3)C(=O)O)cc2)cn(CCCN)c1=N. The molecular formula is C26H33N9O10S2. The number of carbonyl (C=O) groups excluding carboxylic acids is 2. The number of hydrogen-bond acceptors (Lipinski definition) is 14. The van der Waals surface area contributed by atoms with Crippen LogP contribution < -0.4 is 27.1 Å². The number of nitrogens with zero attached hydrogens (tertiary/aromatic N) is 5. The molecule has 21 heteroatoms. The van der Waals surface area contributed by atoms with Crippen LogP contribution in [-0.4, -0.2) is 91.6 Å². The maximum absolute atomic E-state index is 13.2. The number of aliphatic carboxylic acids is 1. The summed E-state index contributed by atoms with van der Waals surface area (Å²) in [6.07, 6.45) is 0.865. The quantitative estimate of drug-likeness (QED) is 0.0505. The summed E-state index contributed by atoms with van der Waals surface area (Å²) in [7, 11) is -3.26. The Bertz CT molecular complexity index is 1850. The topological polar surface area (TPSA) is 280 Å². The summed E-state index contributed by atoms with van der Waals surface area (Å²) in [5.74, 6) is -3.20. The number of carbonyl (C=O) groups is 3. The van der Waals surface area contributed by atoms with Crippen molar-refractivity contribution >= 4 is 50.4 Å². The normalized spacial score (nSPS) is 16.8. The summed E-state index contributed by atoms with van der Waals surface area (Å²) in [6, 6.07) is 5.38. The number of β-lactam (4-membered cyclic amide) rings is 1. The molecule has 2 aromatic heterocycles. The van der Waals surface area contributed by atoms with Crippen molar-refractivity contribution < 1.29 is 46.3 Å². The number of oxime groups is 1. The van der Waals surface area contributed by atoms with E-state index in [2.05, 4.69) is 19.7 Å². The molecule has 0 radical (unpaired) electrons. The Kier molecular flexibility index (Phi) is 10.3. The van der Waals surface area contributed by atoms with Crippen molar-refractivity contribution in [3.05, 3.63) is 47.2 Å². The zero-order chi connectivity index (χ0) is 34.7. The van der Waals surface area contributed by atoms with Gasteiger partial charge in [-0.15, -0.1) is 15.6 Å². The second-order valence-corrected chi connectivity index (χ2v) is 12.6. The fraction of sp³-hybridized carbons (Fsp3) is 0.385. The van der Waals surface area contributed by atoms with Crippen LogP contribution in [-0.2, 0) is 47.5 Å². The van der Waals surface area contributed by atoms with E-state index >= 15 is 0 Å². The van der Waals surface area contributed by atoms with E-state index in [0.717, 1.165) is 29.0 Å². The molecule has 2 amide bonds. The minimum Gasteiger partial charge on any atom is -0.489 e. The lowest BCUT2D eigenvalue weighted by atomic mass is 9.84. The van der Waals surface area contributed by atoms with Crippen LogP contribution in [0.2, 0.25) is 0 Å². The lowest BCUT2D eigenvalue weighted by Gasteiger charge is -2.50. The van der Waals surface area contributed by atoms with Crippen LogP contribution in [0.1, 0.15) is 26.0 Å². The van der Waals surface area contributed by atoms with Gasteiger partial charge in [0.15, 0.2) is 10.8 Å². The first-order valence-electron chi connectivity index (χ1n) is 13.8. The third-order valence-corrected chi connectivity index (χ3v) is 8.04. The second kappa shape index (κ2) is 13.9. The standard InChI is InChI=1S/C26H33N9O10S2/c1-26(2)20(22(37)35(26)45-47(40,41)42)31-21(36)19(16-13-46-24(28)30-16)32-44-18(23(38)39)12-43-15-7-5-14(6-8-15)17-11-34(10-4-9-27)25(29)33(17)3/h5-8,11,13,18,20,29H,4,9-10,12,27H2,1-3H3,(H2,28,30)(H,31,36)(H,38,39)(H,40,41,42). The van der Waals surface area contributed by atoms with Crippen molar-refractivity contribution in [2.24, 2.45) is 17.9 Å². The number of nitrogens with two attached hydrogens (primary N) is 2. The molecule has 0 saturated carbocycles. The van der Waals surface area contributed by atoms with Gasteiger partial charge in [0.05, 0.1) is 11.2 Å². The molecule has 3 heterocycles. The van der Waals surface area contributed by atoms with Gasteiger partial charge in [0.25, 0.3) is 17.9 Å². The molecule has 19 nitrogen and oxygen atoms in total. The van der Waals surface area contributed by atoms with E-state index in [4.69, 9.17) is 31.0 Å². The monoisotopic (exact) mass is 695 g/mol. The highest BCUT2D eigenvalue weighted by molar-refractivity contribution is 7.80. The van der Waals surface area contributed by atoms with Gasteiger partial charge < -0.3 is 40.6 Å². The summed E-state index contributed by atoms with van der Waals surface area (Å²) >= 11 is 0.951. The van der Waals surface area contributed by atoms with E-state index in [1.54, 1.807) is 40.4 Å². The lowest BCUT2D eigenvalue weighted by Crippen LogP contribution is -2.76. The highest BCUT2D eigenvalue weighted by Gasteiger charge is 2.58. The molecule has 47 heavy (non-hydrogen) atoms. The molecular weight excluding hydrogens is 662 g/mol. The molecule has 8 N–H and O–H groups in total. The van der Waals surface area contributed by atoms with E-state index in [1.807, 2.05) is 6.20 Å². The first-order valence-corrected chi connectivity index (χ1v) is 16.0. The summed E-state index contributed by atoms with van der Waals surface area (Å²) in [5.41, 5.74) is 11.1. The lowest BCUT2D eigenvalue weighted by molar-refractivity contribution is -0.218. The molecule has 2 atom stereocenters. The third-order valence-electron chi connectivity index (χ3n) is 7.03. The Labute approximate surface area is 271 Å². The molecule has 0 spiro atoms.